The Hall–Kier alpha value is -2.48. The fourth-order valence-corrected chi connectivity index (χ4v) is 6.62. The van der Waals surface area contributed by atoms with Crippen LogP contribution in [0.25, 0.3) is 21.8 Å². The van der Waals surface area contributed by atoms with Crippen molar-refractivity contribution in [1.29, 1.82) is 0 Å². The number of halogens is 1. The lowest BCUT2D eigenvalue weighted by Gasteiger charge is -2.34. The summed E-state index contributed by atoms with van der Waals surface area (Å²) < 4.78 is 5.45. The maximum atomic E-state index is 12.7. The number of thiophene rings is 1. The van der Waals surface area contributed by atoms with Crippen LogP contribution >= 0.6 is 34.7 Å². The summed E-state index contributed by atoms with van der Waals surface area (Å²) in [4.78, 5) is 20.7. The Morgan fingerprint density at radius 2 is 2.09 bits per heavy atom. The second-order valence-corrected chi connectivity index (χ2v) is 10.5. The zero-order valence-electron chi connectivity index (χ0n) is 18.2. The molecule has 0 radical (unpaired) electrons. The minimum Gasteiger partial charge on any atom is -0.497 e. The minimum atomic E-state index is 0.125. The highest BCUT2D eigenvalue weighted by molar-refractivity contribution is 7.99. The monoisotopic (exact) mass is 497 g/mol. The Balaban J connectivity index is 1.38. The summed E-state index contributed by atoms with van der Waals surface area (Å²) in [5, 5.41) is 8.51. The predicted molar refractivity (Wildman–Crippen MR) is 140 cm³/mol. The third kappa shape index (κ3) is 4.63. The Labute approximate surface area is 206 Å². The summed E-state index contributed by atoms with van der Waals surface area (Å²) in [5.74, 6) is 1.91. The maximum Gasteiger partial charge on any atom is 0.224 e. The average Bonchev–Trinajstić information content (AvgIpc) is 3.36. The molecule has 8 heteroatoms. The molecule has 1 aliphatic rings. The number of pyridine rings is 1. The van der Waals surface area contributed by atoms with Crippen LogP contribution in [0.3, 0.4) is 0 Å². The van der Waals surface area contributed by atoms with Gasteiger partial charge in [-0.3, -0.25) is 4.79 Å². The number of nitrogens with zero attached hydrogens (tertiary/aromatic N) is 2. The summed E-state index contributed by atoms with van der Waals surface area (Å²) in [6.07, 6.45) is 1.46. The maximum absolute atomic E-state index is 12.7. The minimum absolute atomic E-state index is 0.125. The van der Waals surface area contributed by atoms with E-state index >= 15 is 0 Å². The molecule has 5 nitrogen and oxygen atoms in total. The van der Waals surface area contributed by atoms with E-state index in [2.05, 4.69) is 22.8 Å². The summed E-state index contributed by atoms with van der Waals surface area (Å²) in [6, 6.07) is 15.9. The molecule has 1 aliphatic heterocycles. The molecule has 1 amide bonds. The van der Waals surface area contributed by atoms with Crippen molar-refractivity contribution < 1.29 is 9.53 Å². The molecular formula is C25H24ClN3O2S2. The van der Waals surface area contributed by atoms with Crippen LogP contribution in [0.4, 0.5) is 5.69 Å². The van der Waals surface area contributed by atoms with Crippen molar-refractivity contribution in [1.82, 2.24) is 9.88 Å². The fourth-order valence-electron chi connectivity index (χ4n) is 4.21. The van der Waals surface area contributed by atoms with Gasteiger partial charge in [-0.25, -0.2) is 4.98 Å². The largest absolute Gasteiger partial charge is 0.497 e. The number of carbonyl (C=O) groups excluding carboxylic acids is 1. The highest BCUT2D eigenvalue weighted by atomic mass is 35.5. The van der Waals surface area contributed by atoms with E-state index in [1.807, 2.05) is 53.1 Å². The first kappa shape index (κ1) is 22.3. The van der Waals surface area contributed by atoms with Gasteiger partial charge in [0.1, 0.15) is 11.1 Å². The first-order valence-electron chi connectivity index (χ1n) is 10.9. The molecule has 0 saturated carbocycles. The van der Waals surface area contributed by atoms with Crippen molar-refractivity contribution in [2.24, 2.45) is 0 Å². The number of aromatic nitrogens is 1. The number of benzene rings is 2. The lowest BCUT2D eigenvalue weighted by molar-refractivity contribution is -0.132. The van der Waals surface area contributed by atoms with Gasteiger partial charge in [0, 0.05) is 45.9 Å². The Kier molecular flexibility index (Phi) is 6.62. The molecule has 33 heavy (non-hydrogen) atoms. The highest BCUT2D eigenvalue weighted by Gasteiger charge is 2.29. The van der Waals surface area contributed by atoms with Gasteiger partial charge in [0.2, 0.25) is 5.91 Å². The quantitative estimate of drug-likeness (QED) is 0.231. The smallest absolute Gasteiger partial charge is 0.224 e. The molecule has 1 N–H and O–H groups in total. The molecule has 5 rings (SSSR count). The predicted octanol–water partition coefficient (Wildman–Crippen LogP) is 6.58. The molecule has 1 fully saturated rings. The third-order valence-electron chi connectivity index (χ3n) is 5.80. The number of hydrogen-bond acceptors (Lipinski definition) is 6. The average molecular weight is 498 g/mol. The summed E-state index contributed by atoms with van der Waals surface area (Å²) >= 11 is 9.81. The summed E-state index contributed by atoms with van der Waals surface area (Å²) in [6.45, 7) is 1.46. The summed E-state index contributed by atoms with van der Waals surface area (Å²) in [7, 11) is 1.67. The molecule has 170 valence electrons. The van der Waals surface area contributed by atoms with E-state index in [0.717, 1.165) is 58.5 Å². The first-order chi connectivity index (χ1) is 16.1. The molecule has 0 aliphatic carbocycles. The van der Waals surface area contributed by atoms with Crippen LogP contribution < -0.4 is 10.1 Å². The van der Waals surface area contributed by atoms with E-state index in [1.165, 1.54) is 4.88 Å². The topological polar surface area (TPSA) is 54.5 Å². The van der Waals surface area contributed by atoms with Crippen LogP contribution in [0.2, 0.25) is 5.02 Å². The van der Waals surface area contributed by atoms with Gasteiger partial charge in [0.15, 0.2) is 0 Å². The Morgan fingerprint density at radius 1 is 1.18 bits per heavy atom. The van der Waals surface area contributed by atoms with Crippen LogP contribution in [0.15, 0.2) is 53.9 Å². The number of anilines is 1. The molecule has 2 aromatic carbocycles. The lowest BCUT2D eigenvalue weighted by Crippen LogP contribution is -2.38. The number of rotatable bonds is 7. The number of hydrogen-bond donors (Lipinski definition) is 1. The normalized spacial score (nSPS) is 16.5. The van der Waals surface area contributed by atoms with Gasteiger partial charge in [0.05, 0.1) is 23.8 Å². The van der Waals surface area contributed by atoms with E-state index in [0.29, 0.717) is 11.4 Å². The van der Waals surface area contributed by atoms with Gasteiger partial charge < -0.3 is 15.0 Å². The number of methoxy groups -OCH3 is 1. The lowest BCUT2D eigenvalue weighted by atomic mass is 10.1. The standard InChI is InChI=1S/C25H24ClN3O2S2/c1-31-17-6-8-20-19(15-17)24(18-7-5-16(26)14-21(18)28-20)27-10-3-11-29-23(30)9-13-33-25(29)22-4-2-12-32-22/h2,4-8,12,14-15,25H,3,9-11,13H2,1H3,(H,27,28). The number of amides is 1. The second-order valence-electron chi connectivity index (χ2n) is 7.89. The van der Waals surface area contributed by atoms with Crippen molar-refractivity contribution in [2.45, 2.75) is 18.2 Å². The van der Waals surface area contributed by atoms with E-state index in [4.69, 9.17) is 21.3 Å². The van der Waals surface area contributed by atoms with Crippen LogP contribution in [0, 0.1) is 0 Å². The zero-order chi connectivity index (χ0) is 22.8. The second kappa shape index (κ2) is 9.79. The number of ether oxygens (including phenoxy) is 1. The molecule has 0 spiro atoms. The number of carbonyl (C=O) groups is 1. The highest BCUT2D eigenvalue weighted by Crippen LogP contribution is 2.39. The fraction of sp³-hybridized carbons (Fsp3) is 0.280. The van der Waals surface area contributed by atoms with E-state index < -0.39 is 0 Å². The van der Waals surface area contributed by atoms with E-state index in [-0.39, 0.29) is 11.3 Å². The molecule has 1 unspecified atom stereocenters. The zero-order valence-corrected chi connectivity index (χ0v) is 20.6. The summed E-state index contributed by atoms with van der Waals surface area (Å²) in [5.41, 5.74) is 2.75. The van der Waals surface area contributed by atoms with E-state index in [1.54, 1.807) is 18.4 Å². The van der Waals surface area contributed by atoms with Crippen LogP contribution in [-0.4, -0.2) is 41.7 Å². The van der Waals surface area contributed by atoms with Crippen molar-refractivity contribution in [3.63, 3.8) is 0 Å². The van der Waals surface area contributed by atoms with Crippen molar-refractivity contribution >= 4 is 68.1 Å². The number of nitrogens with one attached hydrogen (secondary N) is 1. The van der Waals surface area contributed by atoms with Crippen LogP contribution in [0.1, 0.15) is 23.1 Å². The molecule has 0 bridgehead atoms. The van der Waals surface area contributed by atoms with Crippen LogP contribution in [-0.2, 0) is 4.79 Å². The van der Waals surface area contributed by atoms with Gasteiger partial charge >= 0.3 is 0 Å². The number of fused-ring (bicyclic) bond motifs is 2. The van der Waals surface area contributed by atoms with Crippen molar-refractivity contribution in [3.8, 4) is 5.75 Å². The first-order valence-corrected chi connectivity index (χ1v) is 13.2. The molecule has 1 saturated heterocycles. The number of thioether (sulfide) groups is 1. The molecule has 3 heterocycles. The molecular weight excluding hydrogens is 474 g/mol. The van der Waals surface area contributed by atoms with Gasteiger partial charge in [-0.05, 0) is 54.3 Å². The van der Waals surface area contributed by atoms with Crippen molar-refractivity contribution in [3.05, 3.63) is 63.8 Å². The molecule has 4 aromatic rings. The van der Waals surface area contributed by atoms with Crippen molar-refractivity contribution in [2.75, 3.05) is 31.3 Å². The van der Waals surface area contributed by atoms with Gasteiger partial charge in [-0.2, -0.15) is 0 Å². The SMILES string of the molecule is COc1ccc2nc3cc(Cl)ccc3c(NCCCN3C(=O)CCSC3c3cccs3)c2c1. The van der Waals surface area contributed by atoms with Gasteiger partial charge in [-0.1, -0.05) is 17.7 Å². The molecule has 2 aromatic heterocycles. The Bertz CT molecular complexity index is 1300. The third-order valence-corrected chi connectivity index (χ3v) is 8.38. The Morgan fingerprint density at radius 3 is 2.91 bits per heavy atom. The van der Waals surface area contributed by atoms with Crippen LogP contribution in [0.5, 0.6) is 5.75 Å². The molecule has 1 atom stereocenters. The van der Waals surface area contributed by atoms with E-state index in [9.17, 15) is 4.79 Å². The van der Waals surface area contributed by atoms with Gasteiger partial charge in [-0.15, -0.1) is 23.1 Å². The van der Waals surface area contributed by atoms with Gasteiger partial charge in [0.25, 0.3) is 0 Å².